The molecule has 0 bridgehead atoms. The first kappa shape index (κ1) is 24.3. The van der Waals surface area contributed by atoms with Crippen molar-refractivity contribution in [2.24, 2.45) is 0 Å². The summed E-state index contributed by atoms with van der Waals surface area (Å²) in [5.41, 5.74) is 1.25. The Morgan fingerprint density at radius 3 is 2.70 bits per heavy atom. The van der Waals surface area contributed by atoms with E-state index < -0.39 is 34.2 Å². The van der Waals surface area contributed by atoms with Crippen LogP contribution in [0.25, 0.3) is 0 Å². The second-order valence-corrected chi connectivity index (χ2v) is 8.82. The Bertz CT molecular complexity index is 1080. The molecule has 1 aliphatic heterocycles. The molecule has 12 heteroatoms. The highest BCUT2D eigenvalue weighted by molar-refractivity contribution is 7.85. The molecule has 178 valence electrons. The van der Waals surface area contributed by atoms with Gasteiger partial charge in [0.15, 0.2) is 0 Å². The maximum absolute atomic E-state index is 14.4. The standard InChI is InChI=1S/C21H24FN3O7S/c1-33(28,29)31-10-9-23-19-8-7-16(11-18(19)22)25-13-17(32-21(25)27)12-24-20(26)30-14-15-5-3-2-4-6-15/h2-8,11,17,23H,9-10,12-14H2,1H3,(H,24,26)/t17-/m0/s1. The summed E-state index contributed by atoms with van der Waals surface area (Å²) in [6.07, 6.45) is -1.01. The van der Waals surface area contributed by atoms with Crippen LogP contribution in [-0.4, -0.2) is 59.2 Å². The number of alkyl carbamates (subject to hydrolysis) is 1. The molecule has 0 radical (unpaired) electrons. The van der Waals surface area contributed by atoms with Crippen molar-refractivity contribution in [3.8, 4) is 0 Å². The third-order valence-electron chi connectivity index (χ3n) is 4.54. The van der Waals surface area contributed by atoms with E-state index in [1.165, 1.54) is 17.0 Å². The minimum Gasteiger partial charge on any atom is -0.445 e. The van der Waals surface area contributed by atoms with Gasteiger partial charge >= 0.3 is 12.2 Å². The lowest BCUT2D eigenvalue weighted by molar-refractivity contribution is 0.121. The van der Waals surface area contributed by atoms with Gasteiger partial charge in [-0.2, -0.15) is 8.42 Å². The van der Waals surface area contributed by atoms with Crippen molar-refractivity contribution in [2.45, 2.75) is 12.7 Å². The zero-order valence-electron chi connectivity index (χ0n) is 17.8. The van der Waals surface area contributed by atoms with Gasteiger partial charge in [0.25, 0.3) is 10.1 Å². The number of halogens is 1. The van der Waals surface area contributed by atoms with E-state index in [1.807, 2.05) is 30.3 Å². The lowest BCUT2D eigenvalue weighted by Gasteiger charge is -2.15. The lowest BCUT2D eigenvalue weighted by atomic mass is 10.2. The van der Waals surface area contributed by atoms with Crippen molar-refractivity contribution < 1.29 is 36.1 Å². The predicted molar refractivity (Wildman–Crippen MR) is 118 cm³/mol. The zero-order chi connectivity index (χ0) is 23.8. The van der Waals surface area contributed by atoms with Gasteiger partial charge in [-0.15, -0.1) is 0 Å². The smallest absolute Gasteiger partial charge is 0.414 e. The molecule has 2 amide bonds. The van der Waals surface area contributed by atoms with Gasteiger partial charge in [-0.1, -0.05) is 30.3 Å². The van der Waals surface area contributed by atoms with E-state index in [0.717, 1.165) is 17.9 Å². The van der Waals surface area contributed by atoms with E-state index in [1.54, 1.807) is 0 Å². The molecule has 2 aromatic carbocycles. The van der Waals surface area contributed by atoms with E-state index in [2.05, 4.69) is 14.8 Å². The van der Waals surface area contributed by atoms with Crippen LogP contribution in [-0.2, 0) is 30.4 Å². The summed E-state index contributed by atoms with van der Waals surface area (Å²) in [7, 11) is -3.57. The molecule has 0 saturated carbocycles. The van der Waals surface area contributed by atoms with E-state index in [9.17, 15) is 22.4 Å². The molecule has 2 N–H and O–H groups in total. The summed E-state index contributed by atoms with van der Waals surface area (Å²) in [6.45, 7) is 0.192. The number of rotatable bonds is 10. The van der Waals surface area contributed by atoms with Gasteiger partial charge in [0.05, 0.1) is 37.3 Å². The van der Waals surface area contributed by atoms with Crippen molar-refractivity contribution in [3.63, 3.8) is 0 Å². The molecule has 10 nitrogen and oxygen atoms in total. The SMILES string of the molecule is CS(=O)(=O)OCCNc1ccc(N2C[C@H](CNC(=O)OCc3ccccc3)OC2=O)cc1F. The topological polar surface area (TPSA) is 123 Å². The van der Waals surface area contributed by atoms with Crippen LogP contribution in [0.4, 0.5) is 25.4 Å². The molecule has 1 heterocycles. The normalized spacial score (nSPS) is 15.8. The number of nitrogens with one attached hydrogen (secondary N) is 2. The molecule has 33 heavy (non-hydrogen) atoms. The maximum Gasteiger partial charge on any atom is 0.414 e. The lowest BCUT2D eigenvalue weighted by Crippen LogP contribution is -2.34. The summed E-state index contributed by atoms with van der Waals surface area (Å²) < 4.78 is 51.2. The number of anilines is 2. The van der Waals surface area contributed by atoms with E-state index in [0.29, 0.717) is 0 Å². The number of cyclic esters (lactones) is 1. The molecule has 0 spiro atoms. The number of carbonyl (C=O) groups excluding carboxylic acids is 2. The van der Waals surface area contributed by atoms with Crippen molar-refractivity contribution in [3.05, 3.63) is 59.9 Å². The van der Waals surface area contributed by atoms with Crippen molar-refractivity contribution in [2.75, 3.05) is 42.7 Å². The Morgan fingerprint density at radius 2 is 2.00 bits per heavy atom. The Kier molecular flexibility index (Phi) is 8.06. The summed E-state index contributed by atoms with van der Waals surface area (Å²) in [6, 6.07) is 13.3. The summed E-state index contributed by atoms with van der Waals surface area (Å²) in [5.74, 6) is -0.634. The fraction of sp³-hybridized carbons (Fsp3) is 0.333. The van der Waals surface area contributed by atoms with Gasteiger partial charge in [0.2, 0.25) is 0 Å². The van der Waals surface area contributed by atoms with Crippen molar-refractivity contribution in [1.29, 1.82) is 0 Å². The quantitative estimate of drug-likeness (QED) is 0.392. The minimum absolute atomic E-state index is 0.0400. The van der Waals surface area contributed by atoms with Crippen LogP contribution in [0.5, 0.6) is 0 Å². The molecular weight excluding hydrogens is 457 g/mol. The Hall–Kier alpha value is -3.38. The summed E-state index contributed by atoms with van der Waals surface area (Å²) >= 11 is 0. The molecule has 1 fully saturated rings. The predicted octanol–water partition coefficient (Wildman–Crippen LogP) is 2.47. The van der Waals surface area contributed by atoms with Gasteiger partial charge in [0, 0.05) is 6.54 Å². The Morgan fingerprint density at radius 1 is 1.24 bits per heavy atom. The minimum atomic E-state index is -3.57. The van der Waals surface area contributed by atoms with Crippen LogP contribution >= 0.6 is 0 Å². The number of carbonyl (C=O) groups is 2. The van der Waals surface area contributed by atoms with Crippen LogP contribution in [0.3, 0.4) is 0 Å². The fourth-order valence-corrected chi connectivity index (χ4v) is 3.39. The number of benzene rings is 2. The first-order chi connectivity index (χ1) is 15.7. The third-order valence-corrected chi connectivity index (χ3v) is 5.13. The largest absolute Gasteiger partial charge is 0.445 e. The van der Waals surface area contributed by atoms with Gasteiger partial charge in [-0.3, -0.25) is 9.08 Å². The Labute approximate surface area is 190 Å². The van der Waals surface area contributed by atoms with Gasteiger partial charge in [0.1, 0.15) is 18.5 Å². The highest BCUT2D eigenvalue weighted by atomic mass is 32.2. The van der Waals surface area contributed by atoms with Crippen LogP contribution in [0.15, 0.2) is 48.5 Å². The van der Waals surface area contributed by atoms with E-state index in [4.69, 9.17) is 9.47 Å². The zero-order valence-corrected chi connectivity index (χ0v) is 18.6. The molecule has 0 unspecified atom stereocenters. The first-order valence-electron chi connectivity index (χ1n) is 10.0. The van der Waals surface area contributed by atoms with Crippen LogP contribution in [0.1, 0.15) is 5.56 Å². The molecule has 1 aliphatic rings. The van der Waals surface area contributed by atoms with E-state index >= 15 is 0 Å². The van der Waals surface area contributed by atoms with Crippen LogP contribution in [0.2, 0.25) is 0 Å². The van der Waals surface area contributed by atoms with Crippen molar-refractivity contribution in [1.82, 2.24) is 5.32 Å². The number of nitrogens with zero attached hydrogens (tertiary/aromatic N) is 1. The highest BCUT2D eigenvalue weighted by Gasteiger charge is 2.33. The monoisotopic (exact) mass is 481 g/mol. The summed E-state index contributed by atoms with van der Waals surface area (Å²) in [5, 5.41) is 5.26. The second kappa shape index (κ2) is 11.0. The fourth-order valence-electron chi connectivity index (χ4n) is 3.00. The third kappa shape index (κ3) is 7.61. The first-order valence-corrected chi connectivity index (χ1v) is 11.8. The number of hydrogen-bond donors (Lipinski definition) is 2. The highest BCUT2D eigenvalue weighted by Crippen LogP contribution is 2.26. The molecule has 2 aromatic rings. The van der Waals surface area contributed by atoms with Gasteiger partial charge in [-0.05, 0) is 23.8 Å². The maximum atomic E-state index is 14.4. The molecule has 0 aromatic heterocycles. The van der Waals surface area contributed by atoms with Gasteiger partial charge < -0.3 is 20.1 Å². The second-order valence-electron chi connectivity index (χ2n) is 7.18. The number of ether oxygens (including phenoxy) is 2. The molecule has 0 aliphatic carbocycles. The number of hydrogen-bond acceptors (Lipinski definition) is 8. The van der Waals surface area contributed by atoms with Gasteiger partial charge in [-0.25, -0.2) is 14.0 Å². The Balaban J connectivity index is 1.46. The van der Waals surface area contributed by atoms with Crippen LogP contribution in [0, 0.1) is 5.82 Å². The molecule has 1 atom stereocenters. The van der Waals surface area contributed by atoms with Crippen molar-refractivity contribution >= 4 is 33.7 Å². The van der Waals surface area contributed by atoms with Crippen LogP contribution < -0.4 is 15.5 Å². The molecular formula is C21H24FN3O7S. The average Bonchev–Trinajstić information content (AvgIpc) is 3.15. The van der Waals surface area contributed by atoms with E-state index in [-0.39, 0.29) is 44.2 Å². The molecule has 1 saturated heterocycles. The summed E-state index contributed by atoms with van der Waals surface area (Å²) in [4.78, 5) is 25.3. The number of amides is 2. The molecule has 3 rings (SSSR count). The average molecular weight is 482 g/mol.